The van der Waals surface area contributed by atoms with Crippen LogP contribution in [0.25, 0.3) is 10.8 Å². The smallest absolute Gasteiger partial charge is 0.226 e. The minimum absolute atomic E-state index is 0.187. The van der Waals surface area contributed by atoms with Gasteiger partial charge in [0.15, 0.2) is 0 Å². The SMILES string of the molecule is CN(C(=O)C1CC1c1ccc2ccccc2c1)C1CCCNCC1. The van der Waals surface area contributed by atoms with Crippen LogP contribution in [0.4, 0.5) is 0 Å². The lowest BCUT2D eigenvalue weighted by Gasteiger charge is -2.27. The fourth-order valence-corrected chi connectivity index (χ4v) is 4.10. The summed E-state index contributed by atoms with van der Waals surface area (Å²) in [5.41, 5.74) is 1.32. The molecule has 2 aromatic carbocycles. The standard InChI is InChI=1S/C21H26N2O/c1-23(18-7-4-11-22-12-10-18)21(24)20-14-19(20)17-9-8-15-5-2-3-6-16(15)13-17/h2-3,5-6,8-9,13,18-20,22H,4,7,10-12,14H2,1H3. The van der Waals surface area contributed by atoms with Crippen molar-refractivity contribution in [3.05, 3.63) is 48.0 Å². The van der Waals surface area contributed by atoms with Gasteiger partial charge in [-0.25, -0.2) is 0 Å². The molecule has 0 bridgehead atoms. The van der Waals surface area contributed by atoms with E-state index in [1.54, 1.807) is 0 Å². The molecule has 1 aliphatic heterocycles. The van der Waals surface area contributed by atoms with Gasteiger partial charge in [-0.15, -0.1) is 0 Å². The third-order valence-corrected chi connectivity index (χ3v) is 5.75. The summed E-state index contributed by atoms with van der Waals surface area (Å²) >= 11 is 0. The first-order chi connectivity index (χ1) is 11.7. The second kappa shape index (κ2) is 6.56. The summed E-state index contributed by atoms with van der Waals surface area (Å²) in [6.45, 7) is 2.11. The number of carbonyl (C=O) groups is 1. The van der Waals surface area contributed by atoms with E-state index in [9.17, 15) is 4.79 Å². The van der Waals surface area contributed by atoms with Crippen LogP contribution in [0, 0.1) is 5.92 Å². The predicted octanol–water partition coefficient (Wildman–Crippen LogP) is 3.54. The molecule has 1 N–H and O–H groups in total. The van der Waals surface area contributed by atoms with Crippen LogP contribution in [0.5, 0.6) is 0 Å². The Morgan fingerprint density at radius 2 is 1.92 bits per heavy atom. The number of benzene rings is 2. The van der Waals surface area contributed by atoms with Crippen molar-refractivity contribution in [1.82, 2.24) is 10.2 Å². The third kappa shape index (κ3) is 3.05. The molecule has 1 aliphatic carbocycles. The lowest BCUT2D eigenvalue weighted by Crippen LogP contribution is -2.38. The van der Waals surface area contributed by atoms with Crippen molar-refractivity contribution in [2.75, 3.05) is 20.1 Å². The van der Waals surface area contributed by atoms with Gasteiger partial charge in [0, 0.05) is 19.0 Å². The van der Waals surface area contributed by atoms with Gasteiger partial charge in [-0.1, -0.05) is 42.5 Å². The normalized spacial score (nSPS) is 26.8. The van der Waals surface area contributed by atoms with Gasteiger partial charge < -0.3 is 10.2 Å². The highest BCUT2D eigenvalue weighted by Crippen LogP contribution is 2.49. The number of fused-ring (bicyclic) bond motifs is 1. The quantitative estimate of drug-likeness (QED) is 0.937. The zero-order chi connectivity index (χ0) is 16.5. The van der Waals surface area contributed by atoms with Gasteiger partial charge in [0.25, 0.3) is 0 Å². The summed E-state index contributed by atoms with van der Waals surface area (Å²) < 4.78 is 0. The fraction of sp³-hybridized carbons (Fsp3) is 0.476. The zero-order valence-electron chi connectivity index (χ0n) is 14.4. The van der Waals surface area contributed by atoms with Crippen molar-refractivity contribution >= 4 is 16.7 Å². The van der Waals surface area contributed by atoms with E-state index in [1.807, 2.05) is 11.9 Å². The van der Waals surface area contributed by atoms with E-state index in [0.717, 1.165) is 32.4 Å². The van der Waals surface area contributed by atoms with Crippen LogP contribution in [-0.4, -0.2) is 37.0 Å². The van der Waals surface area contributed by atoms with Crippen LogP contribution in [0.3, 0.4) is 0 Å². The summed E-state index contributed by atoms with van der Waals surface area (Å²) in [4.78, 5) is 14.9. The van der Waals surface area contributed by atoms with Crippen molar-refractivity contribution in [2.45, 2.75) is 37.6 Å². The summed E-state index contributed by atoms with van der Waals surface area (Å²) in [7, 11) is 2.01. The molecule has 1 heterocycles. The lowest BCUT2D eigenvalue weighted by molar-refractivity contribution is -0.133. The van der Waals surface area contributed by atoms with E-state index >= 15 is 0 Å². The van der Waals surface area contributed by atoms with Crippen molar-refractivity contribution < 1.29 is 4.79 Å². The van der Waals surface area contributed by atoms with Crippen LogP contribution in [0.1, 0.15) is 37.2 Å². The lowest BCUT2D eigenvalue weighted by atomic mass is 10.0. The molecule has 4 rings (SSSR count). The Labute approximate surface area is 144 Å². The van der Waals surface area contributed by atoms with Gasteiger partial charge in [0.1, 0.15) is 0 Å². The molecule has 3 heteroatoms. The Morgan fingerprint density at radius 3 is 2.79 bits per heavy atom. The number of nitrogens with zero attached hydrogens (tertiary/aromatic N) is 1. The first-order valence-electron chi connectivity index (χ1n) is 9.20. The third-order valence-electron chi connectivity index (χ3n) is 5.75. The van der Waals surface area contributed by atoms with E-state index < -0.39 is 0 Å². The molecule has 2 aromatic rings. The molecule has 3 nitrogen and oxygen atoms in total. The first kappa shape index (κ1) is 15.6. The van der Waals surface area contributed by atoms with Gasteiger partial charge in [0.2, 0.25) is 5.91 Å². The number of carbonyl (C=O) groups excluding carboxylic acids is 1. The molecule has 0 spiro atoms. The molecule has 1 saturated carbocycles. The Bertz CT molecular complexity index is 733. The van der Waals surface area contributed by atoms with Gasteiger partial charge in [0.05, 0.1) is 0 Å². The maximum atomic E-state index is 12.9. The van der Waals surface area contributed by atoms with Crippen molar-refractivity contribution in [3.8, 4) is 0 Å². The molecule has 0 radical (unpaired) electrons. The summed E-state index contributed by atoms with van der Waals surface area (Å²) in [5.74, 6) is 0.945. The van der Waals surface area contributed by atoms with Crippen LogP contribution < -0.4 is 5.32 Å². The van der Waals surface area contributed by atoms with Crippen LogP contribution in [0.2, 0.25) is 0 Å². The minimum Gasteiger partial charge on any atom is -0.342 e. The molecule has 126 valence electrons. The summed E-state index contributed by atoms with van der Waals surface area (Å²) in [6, 6.07) is 15.5. The molecule has 24 heavy (non-hydrogen) atoms. The molecule has 2 fully saturated rings. The van der Waals surface area contributed by atoms with E-state index in [0.29, 0.717) is 17.9 Å². The van der Waals surface area contributed by atoms with Gasteiger partial charge in [-0.2, -0.15) is 0 Å². The Balaban J connectivity index is 1.45. The Morgan fingerprint density at radius 1 is 1.08 bits per heavy atom. The highest BCUT2D eigenvalue weighted by Gasteiger charge is 2.46. The van der Waals surface area contributed by atoms with Gasteiger partial charge in [-0.05, 0) is 61.0 Å². The Kier molecular flexibility index (Phi) is 4.28. The molecular formula is C21H26N2O. The topological polar surface area (TPSA) is 32.3 Å². The van der Waals surface area contributed by atoms with Crippen LogP contribution >= 0.6 is 0 Å². The maximum absolute atomic E-state index is 12.9. The average molecular weight is 322 g/mol. The number of nitrogens with one attached hydrogen (secondary N) is 1. The average Bonchev–Trinajstić information content (AvgIpc) is 3.44. The van der Waals surface area contributed by atoms with Crippen molar-refractivity contribution in [2.24, 2.45) is 5.92 Å². The zero-order valence-corrected chi connectivity index (χ0v) is 14.4. The maximum Gasteiger partial charge on any atom is 0.226 e. The van der Waals surface area contributed by atoms with E-state index in [1.165, 1.54) is 22.8 Å². The van der Waals surface area contributed by atoms with Crippen LogP contribution in [0.15, 0.2) is 42.5 Å². The predicted molar refractivity (Wildman–Crippen MR) is 98.1 cm³/mol. The molecule has 1 saturated heterocycles. The number of hydrogen-bond donors (Lipinski definition) is 1. The molecule has 0 aromatic heterocycles. The molecule has 3 unspecified atom stereocenters. The number of amides is 1. The highest BCUT2D eigenvalue weighted by molar-refractivity contribution is 5.86. The fourth-order valence-electron chi connectivity index (χ4n) is 4.10. The number of hydrogen-bond acceptors (Lipinski definition) is 2. The molecule has 1 amide bonds. The monoisotopic (exact) mass is 322 g/mol. The second-order valence-electron chi connectivity index (χ2n) is 7.34. The first-order valence-corrected chi connectivity index (χ1v) is 9.20. The molecule has 2 aliphatic rings. The molecular weight excluding hydrogens is 296 g/mol. The minimum atomic E-state index is 0.187. The molecule has 3 atom stereocenters. The van der Waals surface area contributed by atoms with Gasteiger partial charge >= 0.3 is 0 Å². The van der Waals surface area contributed by atoms with E-state index in [2.05, 4.69) is 47.8 Å². The summed E-state index contributed by atoms with van der Waals surface area (Å²) in [6.07, 6.45) is 4.38. The van der Waals surface area contributed by atoms with E-state index in [-0.39, 0.29) is 5.92 Å². The highest BCUT2D eigenvalue weighted by atomic mass is 16.2. The van der Waals surface area contributed by atoms with Gasteiger partial charge in [-0.3, -0.25) is 4.79 Å². The number of rotatable bonds is 3. The van der Waals surface area contributed by atoms with Crippen LogP contribution in [-0.2, 0) is 4.79 Å². The largest absolute Gasteiger partial charge is 0.342 e. The Hall–Kier alpha value is -1.87. The van der Waals surface area contributed by atoms with E-state index in [4.69, 9.17) is 0 Å². The van der Waals surface area contributed by atoms with Crippen molar-refractivity contribution in [3.63, 3.8) is 0 Å². The van der Waals surface area contributed by atoms with Crippen molar-refractivity contribution in [1.29, 1.82) is 0 Å². The summed E-state index contributed by atoms with van der Waals surface area (Å²) in [5, 5.41) is 5.98. The second-order valence-corrected chi connectivity index (χ2v) is 7.34.